The summed E-state index contributed by atoms with van der Waals surface area (Å²) in [4.78, 5) is 10.7. The van der Waals surface area contributed by atoms with Gasteiger partial charge in [-0.15, -0.1) is 0 Å². The Morgan fingerprint density at radius 1 is 1.47 bits per heavy atom. The summed E-state index contributed by atoms with van der Waals surface area (Å²) in [5.74, 6) is 0. The fourth-order valence-corrected chi connectivity index (χ4v) is 1.78. The number of carbonyl (C=O) groups is 1. The lowest BCUT2D eigenvalue weighted by molar-refractivity contribution is 0.177. The molecular weight excluding hydrogens is 246 g/mol. The second-order valence-electron chi connectivity index (χ2n) is 2.89. The number of amides is 1. The highest BCUT2D eigenvalue weighted by Gasteiger charge is 2.14. The highest BCUT2D eigenvalue weighted by atomic mass is 32.2. The zero-order valence-corrected chi connectivity index (χ0v) is 9.61. The Balaban J connectivity index is 2.83. The first kappa shape index (κ1) is 12.8. The number of nitriles is 1. The molecule has 7 nitrogen and oxygen atoms in total. The lowest BCUT2D eigenvalue weighted by atomic mass is 10.2. The van der Waals surface area contributed by atoms with Crippen molar-refractivity contribution < 1.29 is 17.9 Å². The minimum atomic E-state index is -4.05. The first-order chi connectivity index (χ1) is 7.96. The van der Waals surface area contributed by atoms with Crippen molar-refractivity contribution in [3.63, 3.8) is 0 Å². The van der Waals surface area contributed by atoms with Crippen LogP contribution in [-0.4, -0.2) is 21.6 Å². The van der Waals surface area contributed by atoms with Gasteiger partial charge in [-0.05, 0) is 18.2 Å². The van der Waals surface area contributed by atoms with E-state index in [9.17, 15) is 13.2 Å². The molecule has 2 N–H and O–H groups in total. The van der Waals surface area contributed by atoms with Crippen LogP contribution in [0.25, 0.3) is 0 Å². The Morgan fingerprint density at radius 2 is 2.18 bits per heavy atom. The molecule has 90 valence electrons. The molecular formula is C9H9N3O4S. The monoisotopic (exact) mass is 255 g/mol. The van der Waals surface area contributed by atoms with Crippen molar-refractivity contribution in [1.82, 2.24) is 4.72 Å². The van der Waals surface area contributed by atoms with E-state index in [2.05, 4.69) is 9.46 Å². The van der Waals surface area contributed by atoms with Crippen LogP contribution >= 0.6 is 0 Å². The maximum Gasteiger partial charge on any atom is 0.422 e. The summed E-state index contributed by atoms with van der Waals surface area (Å²) in [5, 5.41) is 8.63. The van der Waals surface area contributed by atoms with Crippen LogP contribution in [0.15, 0.2) is 24.3 Å². The molecule has 0 atom stereocenters. The lowest BCUT2D eigenvalue weighted by Gasteiger charge is -2.08. The molecule has 0 aliphatic rings. The third kappa shape index (κ3) is 4.00. The summed E-state index contributed by atoms with van der Waals surface area (Å²) in [5.41, 5.74) is 0.462. The van der Waals surface area contributed by atoms with Crippen LogP contribution < -0.4 is 9.44 Å². The van der Waals surface area contributed by atoms with Crippen LogP contribution in [-0.2, 0) is 14.9 Å². The maximum absolute atomic E-state index is 11.4. The van der Waals surface area contributed by atoms with E-state index in [1.165, 1.54) is 24.3 Å². The molecule has 1 aromatic carbocycles. The molecule has 0 aromatic heterocycles. The molecule has 1 aromatic rings. The molecule has 0 aliphatic heterocycles. The van der Waals surface area contributed by atoms with Crippen LogP contribution in [0.4, 0.5) is 10.5 Å². The van der Waals surface area contributed by atoms with Gasteiger partial charge in [0.1, 0.15) is 0 Å². The van der Waals surface area contributed by atoms with Gasteiger partial charge in [0, 0.05) is 0 Å². The van der Waals surface area contributed by atoms with E-state index in [4.69, 9.17) is 5.26 Å². The van der Waals surface area contributed by atoms with Crippen LogP contribution in [0.5, 0.6) is 0 Å². The van der Waals surface area contributed by atoms with Crippen LogP contribution in [0, 0.1) is 11.3 Å². The lowest BCUT2D eigenvalue weighted by Crippen LogP contribution is -2.35. The van der Waals surface area contributed by atoms with Gasteiger partial charge < -0.3 is 4.74 Å². The number of benzene rings is 1. The molecule has 1 amide bonds. The summed E-state index contributed by atoms with van der Waals surface area (Å²) in [6.45, 7) is 0. The van der Waals surface area contributed by atoms with E-state index in [1.807, 2.05) is 6.07 Å². The summed E-state index contributed by atoms with van der Waals surface area (Å²) in [7, 11) is -3.01. The number of hydrogen-bond acceptors (Lipinski definition) is 5. The van der Waals surface area contributed by atoms with Gasteiger partial charge in [-0.25, -0.2) is 9.52 Å². The van der Waals surface area contributed by atoms with Gasteiger partial charge in [0.05, 0.1) is 24.4 Å². The molecule has 0 aliphatic carbocycles. The highest BCUT2D eigenvalue weighted by Crippen LogP contribution is 2.10. The molecule has 0 saturated heterocycles. The average molecular weight is 255 g/mol. The van der Waals surface area contributed by atoms with E-state index in [-0.39, 0.29) is 5.69 Å². The first-order valence-electron chi connectivity index (χ1n) is 4.35. The topological polar surface area (TPSA) is 108 Å². The number of ether oxygens (including phenoxy) is 1. The van der Waals surface area contributed by atoms with Crippen molar-refractivity contribution in [2.75, 3.05) is 11.8 Å². The molecule has 0 radical (unpaired) electrons. The Kier molecular flexibility index (Phi) is 3.90. The van der Waals surface area contributed by atoms with Crippen molar-refractivity contribution in [1.29, 1.82) is 5.26 Å². The van der Waals surface area contributed by atoms with Crippen LogP contribution in [0.3, 0.4) is 0 Å². The Morgan fingerprint density at radius 3 is 2.76 bits per heavy atom. The quantitative estimate of drug-likeness (QED) is 0.820. The van der Waals surface area contributed by atoms with E-state index in [1.54, 1.807) is 4.72 Å². The predicted octanol–water partition coefficient (Wildman–Crippen LogP) is 0.571. The largest absolute Gasteiger partial charge is 0.452 e. The number of anilines is 1. The van der Waals surface area contributed by atoms with Crippen molar-refractivity contribution in [3.05, 3.63) is 29.8 Å². The summed E-state index contributed by atoms with van der Waals surface area (Å²) >= 11 is 0. The van der Waals surface area contributed by atoms with Gasteiger partial charge in [0.2, 0.25) is 0 Å². The number of nitrogens with one attached hydrogen (secondary N) is 2. The van der Waals surface area contributed by atoms with Crippen molar-refractivity contribution in [2.45, 2.75) is 0 Å². The SMILES string of the molecule is COC(=O)NS(=O)(=O)Nc1cccc(C#N)c1. The summed E-state index contributed by atoms with van der Waals surface area (Å²) in [6, 6.07) is 7.66. The zero-order chi connectivity index (χ0) is 12.9. The van der Waals surface area contributed by atoms with Crippen LogP contribution in [0.1, 0.15) is 5.56 Å². The molecule has 0 heterocycles. The average Bonchev–Trinajstić information content (AvgIpc) is 2.27. The number of rotatable bonds is 3. The molecule has 8 heteroatoms. The van der Waals surface area contributed by atoms with Crippen molar-refractivity contribution >= 4 is 22.0 Å². The number of hydrogen-bond donors (Lipinski definition) is 2. The normalized spacial score (nSPS) is 10.1. The zero-order valence-electron chi connectivity index (χ0n) is 8.80. The maximum atomic E-state index is 11.4. The molecule has 0 unspecified atom stereocenters. The summed E-state index contributed by atoms with van der Waals surface area (Å²) in [6.07, 6.45) is -1.10. The Bertz CT molecular complexity index is 562. The third-order valence-corrected chi connectivity index (χ3v) is 2.59. The molecule has 0 saturated carbocycles. The molecule has 0 spiro atoms. The van der Waals surface area contributed by atoms with Gasteiger partial charge in [-0.2, -0.15) is 13.7 Å². The van der Waals surface area contributed by atoms with E-state index < -0.39 is 16.3 Å². The molecule has 0 fully saturated rings. The Labute approximate surface area is 98.2 Å². The second-order valence-corrected chi connectivity index (χ2v) is 4.31. The van der Waals surface area contributed by atoms with Gasteiger partial charge in [0.25, 0.3) is 0 Å². The van der Waals surface area contributed by atoms with Crippen molar-refractivity contribution in [3.8, 4) is 6.07 Å². The number of nitrogens with zero attached hydrogens (tertiary/aromatic N) is 1. The second kappa shape index (κ2) is 5.18. The van der Waals surface area contributed by atoms with Gasteiger partial charge >= 0.3 is 16.3 Å². The minimum Gasteiger partial charge on any atom is -0.452 e. The predicted molar refractivity (Wildman–Crippen MR) is 59.2 cm³/mol. The summed E-state index contributed by atoms with van der Waals surface area (Å²) < 4.78 is 30.5. The molecule has 1 rings (SSSR count). The molecule has 17 heavy (non-hydrogen) atoms. The number of carbonyl (C=O) groups excluding carboxylic acids is 1. The minimum absolute atomic E-state index is 0.167. The van der Waals surface area contributed by atoms with Gasteiger partial charge in [-0.3, -0.25) is 4.72 Å². The van der Waals surface area contributed by atoms with E-state index in [0.29, 0.717) is 5.56 Å². The Hall–Kier alpha value is -2.27. The fraction of sp³-hybridized carbons (Fsp3) is 0.111. The molecule has 0 bridgehead atoms. The van der Waals surface area contributed by atoms with E-state index in [0.717, 1.165) is 7.11 Å². The standard InChI is InChI=1S/C9H9N3O4S/c1-16-9(13)12-17(14,15)11-8-4-2-3-7(5-8)6-10/h2-5,11H,1H3,(H,12,13). The van der Waals surface area contributed by atoms with Crippen molar-refractivity contribution in [2.24, 2.45) is 0 Å². The number of methoxy groups -OCH3 is 1. The van der Waals surface area contributed by atoms with Crippen LogP contribution in [0.2, 0.25) is 0 Å². The van der Waals surface area contributed by atoms with Gasteiger partial charge in [-0.1, -0.05) is 6.07 Å². The fourth-order valence-electron chi connectivity index (χ4n) is 0.984. The first-order valence-corrected chi connectivity index (χ1v) is 5.84. The van der Waals surface area contributed by atoms with E-state index >= 15 is 0 Å². The smallest absolute Gasteiger partial charge is 0.422 e. The third-order valence-electron chi connectivity index (χ3n) is 1.65. The van der Waals surface area contributed by atoms with Gasteiger partial charge in [0.15, 0.2) is 0 Å². The highest BCUT2D eigenvalue weighted by molar-refractivity contribution is 7.91.